The molecular formula is C15H16N4O2S2. The van der Waals surface area contributed by atoms with Crippen LogP contribution < -0.4 is 10.9 Å². The first-order chi connectivity index (χ1) is 11.0. The van der Waals surface area contributed by atoms with Crippen molar-refractivity contribution in [3.05, 3.63) is 38.2 Å². The highest BCUT2D eigenvalue weighted by molar-refractivity contribution is 7.18. The summed E-state index contributed by atoms with van der Waals surface area (Å²) in [5.41, 5.74) is 0.712. The van der Waals surface area contributed by atoms with Crippen LogP contribution in [0.5, 0.6) is 0 Å². The van der Waals surface area contributed by atoms with Crippen molar-refractivity contribution >= 4 is 43.9 Å². The predicted molar refractivity (Wildman–Crippen MR) is 93.5 cm³/mol. The monoisotopic (exact) mass is 348 g/mol. The number of hydrogen-bond donors (Lipinski definition) is 1. The molecule has 0 radical (unpaired) electrons. The van der Waals surface area contributed by atoms with Crippen LogP contribution in [0.4, 0.5) is 5.13 Å². The highest BCUT2D eigenvalue weighted by Gasteiger charge is 2.12. The summed E-state index contributed by atoms with van der Waals surface area (Å²) in [7, 11) is 0. The molecule has 0 bridgehead atoms. The van der Waals surface area contributed by atoms with Gasteiger partial charge in [-0.3, -0.25) is 14.2 Å². The molecule has 1 amide bonds. The number of carbonyl (C=O) groups is 1. The number of aryl methyl sites for hydroxylation is 3. The quantitative estimate of drug-likeness (QED) is 0.786. The molecule has 3 heterocycles. The first kappa shape index (κ1) is 15.8. The third kappa shape index (κ3) is 3.18. The molecule has 8 heteroatoms. The van der Waals surface area contributed by atoms with E-state index in [4.69, 9.17) is 0 Å². The molecule has 0 aliphatic rings. The molecule has 3 aromatic rings. The highest BCUT2D eigenvalue weighted by atomic mass is 32.1. The molecule has 0 aliphatic carbocycles. The van der Waals surface area contributed by atoms with Crippen molar-refractivity contribution in [3.8, 4) is 0 Å². The Bertz CT molecular complexity index is 919. The van der Waals surface area contributed by atoms with Gasteiger partial charge in [0.05, 0.1) is 17.4 Å². The molecule has 3 aromatic heterocycles. The van der Waals surface area contributed by atoms with Gasteiger partial charge >= 0.3 is 0 Å². The zero-order valence-corrected chi connectivity index (χ0v) is 14.7. The van der Waals surface area contributed by atoms with Gasteiger partial charge < -0.3 is 5.32 Å². The van der Waals surface area contributed by atoms with Crippen LogP contribution in [0.2, 0.25) is 0 Å². The molecule has 3 rings (SSSR count). The van der Waals surface area contributed by atoms with E-state index >= 15 is 0 Å². The van der Waals surface area contributed by atoms with Crippen LogP contribution in [0.25, 0.3) is 10.2 Å². The minimum atomic E-state index is -0.284. The standard InChI is InChI=1S/C15H16N4O2S2/c1-4-10-5-11-13(23-10)16-7-19(14(11)21)6-12(20)18-15-17-8(2)9(3)22-15/h5,7H,4,6H2,1-3H3,(H,17,18,20). The number of hydrogen-bond acceptors (Lipinski definition) is 6. The summed E-state index contributed by atoms with van der Waals surface area (Å²) in [6, 6.07) is 1.86. The van der Waals surface area contributed by atoms with Crippen molar-refractivity contribution in [3.63, 3.8) is 0 Å². The van der Waals surface area contributed by atoms with Crippen molar-refractivity contribution in [1.29, 1.82) is 0 Å². The van der Waals surface area contributed by atoms with Gasteiger partial charge in [0.2, 0.25) is 5.91 Å². The van der Waals surface area contributed by atoms with Crippen LogP contribution in [0.15, 0.2) is 17.2 Å². The van der Waals surface area contributed by atoms with Gasteiger partial charge in [0.25, 0.3) is 5.56 Å². The molecule has 1 N–H and O–H groups in total. The van der Waals surface area contributed by atoms with Crippen LogP contribution in [0.3, 0.4) is 0 Å². The molecule has 6 nitrogen and oxygen atoms in total. The molecule has 0 spiro atoms. The second-order valence-corrected chi connectivity index (χ2v) is 7.49. The number of anilines is 1. The first-order valence-corrected chi connectivity index (χ1v) is 8.83. The van der Waals surface area contributed by atoms with E-state index in [0.717, 1.165) is 26.7 Å². The molecule has 0 atom stereocenters. The zero-order valence-electron chi connectivity index (χ0n) is 13.0. The van der Waals surface area contributed by atoms with E-state index in [1.807, 2.05) is 26.8 Å². The molecule has 0 saturated carbocycles. The maximum absolute atomic E-state index is 12.4. The summed E-state index contributed by atoms with van der Waals surface area (Å²) in [4.78, 5) is 36.0. The summed E-state index contributed by atoms with van der Waals surface area (Å²) in [6.07, 6.45) is 2.29. The fourth-order valence-corrected chi connectivity index (χ4v) is 3.89. The van der Waals surface area contributed by atoms with Gasteiger partial charge in [-0.2, -0.15) is 0 Å². The van der Waals surface area contributed by atoms with Gasteiger partial charge in [-0.25, -0.2) is 9.97 Å². The van der Waals surface area contributed by atoms with Crippen LogP contribution in [-0.4, -0.2) is 20.4 Å². The van der Waals surface area contributed by atoms with E-state index < -0.39 is 0 Å². The molecule has 0 aliphatic heterocycles. The van der Waals surface area contributed by atoms with Crippen molar-refractivity contribution in [1.82, 2.24) is 14.5 Å². The van der Waals surface area contributed by atoms with Crippen LogP contribution in [-0.2, 0) is 17.8 Å². The number of nitrogens with zero attached hydrogens (tertiary/aromatic N) is 3. The first-order valence-electron chi connectivity index (χ1n) is 7.19. The van der Waals surface area contributed by atoms with Gasteiger partial charge in [-0.05, 0) is 26.3 Å². The fraction of sp³-hybridized carbons (Fsp3) is 0.333. The number of fused-ring (bicyclic) bond motifs is 1. The second-order valence-electron chi connectivity index (χ2n) is 5.17. The third-order valence-corrected chi connectivity index (χ3v) is 5.68. The Morgan fingerprint density at radius 3 is 2.78 bits per heavy atom. The van der Waals surface area contributed by atoms with E-state index in [9.17, 15) is 9.59 Å². The third-order valence-electron chi connectivity index (χ3n) is 3.51. The average Bonchev–Trinajstić information content (AvgIpc) is 3.06. The van der Waals surface area contributed by atoms with Gasteiger partial charge in [0, 0.05) is 9.75 Å². The lowest BCUT2D eigenvalue weighted by atomic mass is 10.3. The van der Waals surface area contributed by atoms with Crippen LogP contribution >= 0.6 is 22.7 Å². The van der Waals surface area contributed by atoms with Crippen LogP contribution in [0, 0.1) is 13.8 Å². The van der Waals surface area contributed by atoms with Gasteiger partial charge in [0.15, 0.2) is 5.13 Å². The number of thiophene rings is 1. The molecule has 0 saturated heterocycles. The number of thiazole rings is 1. The largest absolute Gasteiger partial charge is 0.300 e. The number of rotatable bonds is 4. The smallest absolute Gasteiger partial charge is 0.262 e. The zero-order chi connectivity index (χ0) is 16.6. The summed E-state index contributed by atoms with van der Waals surface area (Å²) in [5, 5.41) is 3.85. The predicted octanol–water partition coefficient (Wildman–Crippen LogP) is 2.73. The van der Waals surface area contributed by atoms with Gasteiger partial charge in [-0.1, -0.05) is 6.92 Å². The highest BCUT2D eigenvalue weighted by Crippen LogP contribution is 2.22. The number of aromatic nitrogens is 3. The number of amides is 1. The lowest BCUT2D eigenvalue weighted by Gasteiger charge is -2.04. The molecule has 0 fully saturated rings. The molecule has 120 valence electrons. The Morgan fingerprint density at radius 2 is 2.13 bits per heavy atom. The Labute approximate surface area is 140 Å². The summed E-state index contributed by atoms with van der Waals surface area (Å²) < 4.78 is 1.33. The molecule has 0 aromatic carbocycles. The normalized spacial score (nSPS) is 11.1. The topological polar surface area (TPSA) is 76.9 Å². The molecule has 23 heavy (non-hydrogen) atoms. The second kappa shape index (κ2) is 6.21. The Kier molecular flexibility index (Phi) is 4.27. The van der Waals surface area contributed by atoms with Crippen molar-refractivity contribution in [2.24, 2.45) is 0 Å². The van der Waals surface area contributed by atoms with Crippen LogP contribution in [0.1, 0.15) is 22.4 Å². The van der Waals surface area contributed by atoms with E-state index in [2.05, 4.69) is 15.3 Å². The fourth-order valence-electron chi connectivity index (χ4n) is 2.14. The van der Waals surface area contributed by atoms with Gasteiger partial charge in [0.1, 0.15) is 11.4 Å². The number of carbonyl (C=O) groups excluding carboxylic acids is 1. The van der Waals surface area contributed by atoms with E-state index in [-0.39, 0.29) is 18.0 Å². The summed E-state index contributed by atoms with van der Waals surface area (Å²) in [6.45, 7) is 5.81. The minimum absolute atomic E-state index is 0.0727. The molecular weight excluding hydrogens is 332 g/mol. The lowest BCUT2D eigenvalue weighted by Crippen LogP contribution is -2.27. The van der Waals surface area contributed by atoms with Gasteiger partial charge in [-0.15, -0.1) is 22.7 Å². The SMILES string of the molecule is CCc1cc2c(=O)n(CC(=O)Nc3nc(C)c(C)s3)cnc2s1. The van der Waals surface area contributed by atoms with E-state index in [1.165, 1.54) is 33.6 Å². The molecule has 0 unspecified atom stereocenters. The van der Waals surface area contributed by atoms with Crippen molar-refractivity contribution in [2.45, 2.75) is 33.7 Å². The average molecular weight is 348 g/mol. The lowest BCUT2D eigenvalue weighted by molar-refractivity contribution is -0.116. The van der Waals surface area contributed by atoms with Crippen molar-refractivity contribution < 1.29 is 4.79 Å². The Morgan fingerprint density at radius 1 is 1.35 bits per heavy atom. The van der Waals surface area contributed by atoms with Crippen molar-refractivity contribution in [2.75, 3.05) is 5.32 Å². The summed E-state index contributed by atoms with van der Waals surface area (Å²) >= 11 is 2.93. The Hall–Kier alpha value is -2.06. The number of nitrogens with one attached hydrogen (secondary N) is 1. The van der Waals surface area contributed by atoms with E-state index in [1.54, 1.807) is 0 Å². The summed E-state index contributed by atoms with van der Waals surface area (Å²) in [5.74, 6) is -0.284. The maximum Gasteiger partial charge on any atom is 0.262 e. The van der Waals surface area contributed by atoms with E-state index in [0.29, 0.717) is 10.5 Å². The Balaban J connectivity index is 1.81. The maximum atomic E-state index is 12.4. The minimum Gasteiger partial charge on any atom is -0.300 e.